The van der Waals surface area contributed by atoms with E-state index in [9.17, 15) is 13.6 Å². The first-order valence-corrected chi connectivity index (χ1v) is 5.04. The van der Waals surface area contributed by atoms with Crippen molar-refractivity contribution in [3.63, 3.8) is 0 Å². The topological polar surface area (TPSA) is 50.2 Å². The summed E-state index contributed by atoms with van der Waals surface area (Å²) in [6.07, 6.45) is -3.29. The second-order valence-electron chi connectivity index (χ2n) is 3.29. The van der Waals surface area contributed by atoms with E-state index in [2.05, 4.69) is 4.98 Å². The van der Waals surface area contributed by atoms with Crippen molar-refractivity contribution in [1.29, 1.82) is 0 Å². The number of carboxylic acids is 1. The molecule has 1 aromatic heterocycles. The van der Waals surface area contributed by atoms with Crippen LogP contribution in [0.1, 0.15) is 28.9 Å². The van der Waals surface area contributed by atoms with Crippen LogP contribution in [-0.4, -0.2) is 16.1 Å². The van der Waals surface area contributed by atoms with E-state index in [-0.39, 0.29) is 11.4 Å². The van der Waals surface area contributed by atoms with Crippen molar-refractivity contribution >= 4 is 17.6 Å². The molecule has 0 aliphatic heterocycles. The number of aliphatic carboxylic acids is 1. The normalized spacial score (nSPS) is 10.8. The molecule has 0 amide bonds. The fourth-order valence-corrected chi connectivity index (χ4v) is 1.69. The Bertz CT molecular complexity index is 410. The molecule has 0 unspecified atom stereocenters. The van der Waals surface area contributed by atoms with Crippen molar-refractivity contribution in [2.24, 2.45) is 0 Å². The summed E-state index contributed by atoms with van der Waals surface area (Å²) in [6.45, 7) is 1.56. The van der Waals surface area contributed by atoms with Crippen molar-refractivity contribution in [2.75, 3.05) is 0 Å². The maximum Gasteiger partial charge on any atom is 0.307 e. The lowest BCUT2D eigenvalue weighted by atomic mass is 10.0. The maximum absolute atomic E-state index is 12.7. The molecule has 0 aromatic carbocycles. The molecule has 0 spiro atoms. The summed E-state index contributed by atoms with van der Waals surface area (Å²) in [7, 11) is 0. The number of aromatic nitrogens is 1. The monoisotopic (exact) mass is 249 g/mol. The minimum atomic E-state index is -2.80. The first-order valence-electron chi connectivity index (χ1n) is 4.51. The third-order valence-corrected chi connectivity index (χ3v) is 2.34. The minimum Gasteiger partial charge on any atom is -0.481 e. The molecule has 16 heavy (non-hydrogen) atoms. The van der Waals surface area contributed by atoms with E-state index in [1.807, 2.05) is 0 Å². The fourth-order valence-electron chi connectivity index (χ4n) is 1.45. The number of hydrogen-bond donors (Lipinski definition) is 1. The van der Waals surface area contributed by atoms with Gasteiger partial charge >= 0.3 is 5.97 Å². The van der Waals surface area contributed by atoms with Crippen molar-refractivity contribution < 1.29 is 18.7 Å². The van der Waals surface area contributed by atoms with Crippen molar-refractivity contribution in [2.45, 2.75) is 25.7 Å². The van der Waals surface area contributed by atoms with Gasteiger partial charge in [0.15, 0.2) is 0 Å². The number of rotatable bonds is 4. The van der Waals surface area contributed by atoms with Gasteiger partial charge in [0.2, 0.25) is 0 Å². The SMILES string of the molecule is Cc1cc(CCl)c(CC(=O)O)c(C(F)F)n1. The minimum absolute atomic E-state index is 0.00824. The highest BCUT2D eigenvalue weighted by atomic mass is 35.5. The quantitative estimate of drug-likeness (QED) is 0.835. The van der Waals surface area contributed by atoms with E-state index in [0.717, 1.165) is 0 Å². The molecule has 0 fully saturated rings. The molecule has 6 heteroatoms. The Balaban J connectivity index is 3.32. The zero-order valence-corrected chi connectivity index (χ0v) is 9.26. The summed E-state index contributed by atoms with van der Waals surface area (Å²) in [6, 6.07) is 1.52. The molecule has 0 saturated heterocycles. The van der Waals surface area contributed by atoms with Crippen LogP contribution in [0, 0.1) is 6.92 Å². The van der Waals surface area contributed by atoms with Crippen LogP contribution in [0.2, 0.25) is 0 Å². The summed E-state index contributed by atoms with van der Waals surface area (Å²) in [5.74, 6) is -1.19. The largest absolute Gasteiger partial charge is 0.481 e. The first kappa shape index (κ1) is 12.8. The Morgan fingerprint density at radius 3 is 2.69 bits per heavy atom. The van der Waals surface area contributed by atoms with Gasteiger partial charge in [-0.1, -0.05) is 0 Å². The van der Waals surface area contributed by atoms with Crippen LogP contribution in [0.25, 0.3) is 0 Å². The molecule has 88 valence electrons. The molecule has 0 saturated carbocycles. The molecule has 3 nitrogen and oxygen atoms in total. The van der Waals surface area contributed by atoms with Crippen molar-refractivity contribution in [1.82, 2.24) is 4.98 Å². The van der Waals surface area contributed by atoms with Gasteiger partial charge in [0, 0.05) is 11.6 Å². The van der Waals surface area contributed by atoms with Gasteiger partial charge in [-0.25, -0.2) is 8.78 Å². The van der Waals surface area contributed by atoms with Crippen molar-refractivity contribution in [3.8, 4) is 0 Å². The standard InChI is InChI=1S/C10H10ClF2NO2/c1-5-2-6(4-11)7(3-8(15)16)9(14-5)10(12)13/h2,10H,3-4H2,1H3,(H,15,16). The van der Waals surface area contributed by atoms with Gasteiger partial charge in [-0.05, 0) is 24.1 Å². The van der Waals surface area contributed by atoms with Gasteiger partial charge < -0.3 is 5.11 Å². The Hall–Kier alpha value is -1.23. The van der Waals surface area contributed by atoms with Crippen LogP contribution in [0.3, 0.4) is 0 Å². The molecule has 1 N–H and O–H groups in total. The summed E-state index contributed by atoms with van der Waals surface area (Å²) in [5.41, 5.74) is 0.327. The number of alkyl halides is 3. The highest BCUT2D eigenvalue weighted by Crippen LogP contribution is 2.26. The second-order valence-corrected chi connectivity index (χ2v) is 3.56. The summed E-state index contributed by atoms with van der Waals surface area (Å²) < 4.78 is 25.4. The van der Waals surface area contributed by atoms with E-state index in [4.69, 9.17) is 16.7 Å². The molecule has 1 heterocycles. The fraction of sp³-hybridized carbons (Fsp3) is 0.400. The van der Waals surface area contributed by atoms with E-state index in [1.165, 1.54) is 6.07 Å². The molecule has 0 aliphatic rings. The summed E-state index contributed by atoms with van der Waals surface area (Å²) in [5, 5.41) is 8.65. The molecule has 0 bridgehead atoms. The highest BCUT2D eigenvalue weighted by molar-refractivity contribution is 6.17. The Morgan fingerprint density at radius 1 is 1.62 bits per heavy atom. The average molecular weight is 250 g/mol. The van der Waals surface area contributed by atoms with E-state index < -0.39 is 24.5 Å². The third kappa shape index (κ3) is 2.88. The van der Waals surface area contributed by atoms with Crippen LogP contribution in [0.4, 0.5) is 8.78 Å². The lowest BCUT2D eigenvalue weighted by molar-refractivity contribution is -0.136. The molecule has 1 rings (SSSR count). The number of carbonyl (C=O) groups is 1. The first-order chi connectivity index (χ1) is 7.45. The van der Waals surface area contributed by atoms with E-state index in [1.54, 1.807) is 6.92 Å². The van der Waals surface area contributed by atoms with Gasteiger partial charge in [0.05, 0.1) is 6.42 Å². The molecule has 0 aliphatic carbocycles. The smallest absolute Gasteiger partial charge is 0.307 e. The Morgan fingerprint density at radius 2 is 2.25 bits per heavy atom. The average Bonchev–Trinajstić information content (AvgIpc) is 2.19. The predicted octanol–water partition coefficient (Wildman–Crippen LogP) is 2.69. The number of carboxylic acid groups (broad SMARTS) is 1. The van der Waals surface area contributed by atoms with E-state index in [0.29, 0.717) is 11.3 Å². The number of aryl methyl sites for hydroxylation is 1. The van der Waals surface area contributed by atoms with Gasteiger partial charge in [-0.15, -0.1) is 11.6 Å². The number of hydrogen-bond acceptors (Lipinski definition) is 2. The second kappa shape index (κ2) is 5.21. The molecule has 1 aromatic rings. The molecule has 0 radical (unpaired) electrons. The van der Waals surface area contributed by atoms with Gasteiger partial charge in [0.25, 0.3) is 6.43 Å². The van der Waals surface area contributed by atoms with Gasteiger partial charge in [-0.2, -0.15) is 0 Å². The predicted molar refractivity (Wildman–Crippen MR) is 54.8 cm³/mol. The summed E-state index contributed by atoms with van der Waals surface area (Å²) in [4.78, 5) is 14.2. The lowest BCUT2D eigenvalue weighted by Gasteiger charge is -2.11. The van der Waals surface area contributed by atoms with E-state index >= 15 is 0 Å². The van der Waals surface area contributed by atoms with Crippen LogP contribution in [-0.2, 0) is 17.1 Å². The Kier molecular flexibility index (Phi) is 4.18. The Labute approximate surface area is 96.1 Å². The third-order valence-electron chi connectivity index (χ3n) is 2.06. The van der Waals surface area contributed by atoms with Crippen LogP contribution >= 0.6 is 11.6 Å². The van der Waals surface area contributed by atoms with Crippen LogP contribution in [0.5, 0.6) is 0 Å². The van der Waals surface area contributed by atoms with Gasteiger partial charge in [0.1, 0.15) is 5.69 Å². The van der Waals surface area contributed by atoms with Gasteiger partial charge in [-0.3, -0.25) is 9.78 Å². The molecular weight excluding hydrogens is 240 g/mol. The summed E-state index contributed by atoms with van der Waals surface area (Å²) >= 11 is 5.60. The number of nitrogens with zero attached hydrogens (tertiary/aromatic N) is 1. The number of pyridine rings is 1. The maximum atomic E-state index is 12.7. The zero-order valence-electron chi connectivity index (χ0n) is 8.51. The highest BCUT2D eigenvalue weighted by Gasteiger charge is 2.20. The van der Waals surface area contributed by atoms with Crippen LogP contribution < -0.4 is 0 Å². The molecular formula is C10H10ClF2NO2. The zero-order chi connectivity index (χ0) is 12.3. The molecule has 0 atom stereocenters. The van der Waals surface area contributed by atoms with Crippen molar-refractivity contribution in [3.05, 3.63) is 28.6 Å². The van der Waals surface area contributed by atoms with Crippen LogP contribution in [0.15, 0.2) is 6.07 Å². The lowest BCUT2D eigenvalue weighted by Crippen LogP contribution is -2.10. The number of halogens is 3.